The van der Waals surface area contributed by atoms with Crippen molar-refractivity contribution >= 4 is 22.3 Å². The molecule has 1 aliphatic rings. The number of halogens is 1. The summed E-state index contributed by atoms with van der Waals surface area (Å²) in [6.07, 6.45) is 2.42. The first kappa shape index (κ1) is 14.9. The number of rotatable bonds is 4. The molecule has 1 saturated carbocycles. The van der Waals surface area contributed by atoms with Gasteiger partial charge in [0.05, 0.1) is 11.2 Å². The minimum atomic E-state index is -0.252. The van der Waals surface area contributed by atoms with Crippen LogP contribution in [0.2, 0.25) is 0 Å². The van der Waals surface area contributed by atoms with Crippen LogP contribution >= 0.6 is 0 Å². The third kappa shape index (κ3) is 2.80. The monoisotopic (exact) mass is 321 g/mol. The summed E-state index contributed by atoms with van der Waals surface area (Å²) in [7, 11) is 1.90. The third-order valence-electron chi connectivity index (χ3n) is 4.64. The number of fused-ring (bicyclic) bond motifs is 1. The number of hydrogen-bond acceptors (Lipinski definition) is 3. The van der Waals surface area contributed by atoms with Crippen molar-refractivity contribution in [3.63, 3.8) is 0 Å². The molecule has 0 bridgehead atoms. The van der Waals surface area contributed by atoms with Crippen LogP contribution in [0, 0.1) is 5.82 Å². The summed E-state index contributed by atoms with van der Waals surface area (Å²) >= 11 is 0. The first-order valence-corrected chi connectivity index (χ1v) is 8.23. The minimum absolute atomic E-state index is 0.239. The zero-order valence-corrected chi connectivity index (χ0v) is 13.9. The van der Waals surface area contributed by atoms with E-state index < -0.39 is 0 Å². The molecular formula is C20H20FN3. The largest absolute Gasteiger partial charge is 0.388 e. The zero-order valence-electron chi connectivity index (χ0n) is 13.9. The van der Waals surface area contributed by atoms with Crippen molar-refractivity contribution in [2.45, 2.75) is 25.3 Å². The molecular weight excluding hydrogens is 301 g/mol. The molecule has 4 heteroatoms. The Labute approximate surface area is 140 Å². The predicted octanol–water partition coefficient (Wildman–Crippen LogP) is 5.05. The van der Waals surface area contributed by atoms with Gasteiger partial charge in [-0.15, -0.1) is 0 Å². The molecule has 0 saturated heterocycles. The zero-order chi connectivity index (χ0) is 16.7. The highest BCUT2D eigenvalue weighted by atomic mass is 19.1. The molecule has 0 radical (unpaired) electrons. The SMILES string of the molecule is CNc1cc(-c2cccc(F)c2)nc2ccc(NC3(C)CC3)cc12. The molecule has 2 aromatic carbocycles. The van der Waals surface area contributed by atoms with Gasteiger partial charge in [-0.05, 0) is 56.2 Å². The predicted molar refractivity (Wildman–Crippen MR) is 97.9 cm³/mol. The van der Waals surface area contributed by atoms with E-state index in [4.69, 9.17) is 4.98 Å². The molecule has 0 unspecified atom stereocenters. The lowest BCUT2D eigenvalue weighted by atomic mass is 10.1. The highest BCUT2D eigenvalue weighted by Crippen LogP contribution is 2.39. The average molecular weight is 321 g/mol. The van der Waals surface area contributed by atoms with Crippen LogP contribution in [-0.2, 0) is 0 Å². The Kier molecular flexibility index (Phi) is 3.41. The van der Waals surface area contributed by atoms with Crippen molar-refractivity contribution in [3.8, 4) is 11.3 Å². The molecule has 1 fully saturated rings. The normalized spacial score (nSPS) is 15.3. The van der Waals surface area contributed by atoms with E-state index in [-0.39, 0.29) is 11.4 Å². The second-order valence-electron chi connectivity index (χ2n) is 6.73. The van der Waals surface area contributed by atoms with Crippen LogP contribution in [0.4, 0.5) is 15.8 Å². The molecule has 0 atom stereocenters. The molecule has 1 aliphatic carbocycles. The lowest BCUT2D eigenvalue weighted by Crippen LogP contribution is -2.15. The van der Waals surface area contributed by atoms with E-state index in [0.29, 0.717) is 0 Å². The van der Waals surface area contributed by atoms with Crippen LogP contribution in [0.25, 0.3) is 22.2 Å². The smallest absolute Gasteiger partial charge is 0.123 e. The van der Waals surface area contributed by atoms with E-state index in [1.165, 1.54) is 25.0 Å². The van der Waals surface area contributed by atoms with Gasteiger partial charge in [-0.3, -0.25) is 0 Å². The van der Waals surface area contributed by atoms with Crippen molar-refractivity contribution in [2.75, 3.05) is 17.7 Å². The summed E-state index contributed by atoms with van der Waals surface area (Å²) in [6.45, 7) is 2.24. The Morgan fingerprint density at radius 2 is 1.92 bits per heavy atom. The maximum Gasteiger partial charge on any atom is 0.123 e. The van der Waals surface area contributed by atoms with E-state index in [1.54, 1.807) is 6.07 Å². The van der Waals surface area contributed by atoms with Gasteiger partial charge < -0.3 is 10.6 Å². The molecule has 0 amide bonds. The van der Waals surface area contributed by atoms with Crippen LogP contribution in [0.5, 0.6) is 0 Å². The highest BCUT2D eigenvalue weighted by Gasteiger charge is 2.36. The van der Waals surface area contributed by atoms with Crippen molar-refractivity contribution in [3.05, 3.63) is 54.3 Å². The molecule has 122 valence electrons. The second kappa shape index (κ2) is 5.48. The fraction of sp³-hybridized carbons (Fsp3) is 0.250. The van der Waals surface area contributed by atoms with E-state index in [9.17, 15) is 4.39 Å². The fourth-order valence-corrected chi connectivity index (χ4v) is 2.97. The van der Waals surface area contributed by atoms with Crippen LogP contribution < -0.4 is 10.6 Å². The van der Waals surface area contributed by atoms with Crippen molar-refractivity contribution in [2.24, 2.45) is 0 Å². The molecule has 1 aromatic heterocycles. The Balaban J connectivity index is 1.80. The number of nitrogens with zero attached hydrogens (tertiary/aromatic N) is 1. The maximum atomic E-state index is 13.5. The maximum absolute atomic E-state index is 13.5. The summed E-state index contributed by atoms with van der Waals surface area (Å²) < 4.78 is 13.5. The molecule has 24 heavy (non-hydrogen) atoms. The van der Waals surface area contributed by atoms with Gasteiger partial charge in [-0.1, -0.05) is 12.1 Å². The summed E-state index contributed by atoms with van der Waals surface area (Å²) in [5.74, 6) is -0.252. The van der Waals surface area contributed by atoms with Gasteiger partial charge >= 0.3 is 0 Å². The van der Waals surface area contributed by atoms with Gasteiger partial charge in [0.15, 0.2) is 0 Å². The molecule has 3 aromatic rings. The van der Waals surface area contributed by atoms with Gasteiger partial charge in [0.1, 0.15) is 5.82 Å². The Bertz CT molecular complexity index is 916. The van der Waals surface area contributed by atoms with Crippen LogP contribution in [0.15, 0.2) is 48.5 Å². The first-order chi connectivity index (χ1) is 11.6. The lowest BCUT2D eigenvalue weighted by Gasteiger charge is -2.15. The number of aromatic nitrogens is 1. The van der Waals surface area contributed by atoms with Crippen LogP contribution in [0.1, 0.15) is 19.8 Å². The fourth-order valence-electron chi connectivity index (χ4n) is 2.97. The van der Waals surface area contributed by atoms with Crippen molar-refractivity contribution < 1.29 is 4.39 Å². The number of benzene rings is 2. The van der Waals surface area contributed by atoms with E-state index in [0.717, 1.165) is 33.5 Å². The van der Waals surface area contributed by atoms with Crippen LogP contribution in [-0.4, -0.2) is 17.6 Å². The van der Waals surface area contributed by atoms with E-state index in [1.807, 2.05) is 25.2 Å². The number of hydrogen-bond donors (Lipinski definition) is 2. The number of anilines is 2. The highest BCUT2D eigenvalue weighted by molar-refractivity contribution is 5.95. The van der Waals surface area contributed by atoms with Crippen molar-refractivity contribution in [1.82, 2.24) is 4.98 Å². The second-order valence-corrected chi connectivity index (χ2v) is 6.73. The van der Waals surface area contributed by atoms with Gasteiger partial charge in [0.25, 0.3) is 0 Å². The molecule has 3 nitrogen and oxygen atoms in total. The number of pyridine rings is 1. The van der Waals surface area contributed by atoms with Gasteiger partial charge in [-0.2, -0.15) is 0 Å². The van der Waals surface area contributed by atoms with Gasteiger partial charge in [-0.25, -0.2) is 9.37 Å². The summed E-state index contributed by atoms with van der Waals surface area (Å²) in [5, 5.41) is 7.89. The summed E-state index contributed by atoms with van der Waals surface area (Å²) in [6, 6.07) is 14.7. The number of nitrogens with one attached hydrogen (secondary N) is 2. The quantitative estimate of drug-likeness (QED) is 0.706. The molecule has 1 heterocycles. The molecule has 2 N–H and O–H groups in total. The van der Waals surface area contributed by atoms with Crippen molar-refractivity contribution in [1.29, 1.82) is 0 Å². The lowest BCUT2D eigenvalue weighted by molar-refractivity contribution is 0.628. The first-order valence-electron chi connectivity index (χ1n) is 8.23. The average Bonchev–Trinajstić information content (AvgIpc) is 3.30. The Morgan fingerprint density at radius 3 is 2.62 bits per heavy atom. The van der Waals surface area contributed by atoms with Crippen LogP contribution in [0.3, 0.4) is 0 Å². The van der Waals surface area contributed by atoms with Gasteiger partial charge in [0.2, 0.25) is 0 Å². The third-order valence-corrected chi connectivity index (χ3v) is 4.64. The standard InChI is InChI=1S/C20H20FN3/c1-20(8-9-20)24-15-6-7-17-16(11-15)19(22-2)12-18(23-17)13-4-3-5-14(21)10-13/h3-7,10-12,24H,8-9H2,1-2H3,(H,22,23). The summed E-state index contributed by atoms with van der Waals surface area (Å²) in [4.78, 5) is 4.71. The Hall–Kier alpha value is -2.62. The molecule has 0 spiro atoms. The van der Waals surface area contributed by atoms with E-state index >= 15 is 0 Å². The summed E-state index contributed by atoms with van der Waals surface area (Å²) in [5.41, 5.74) is 4.78. The topological polar surface area (TPSA) is 37.0 Å². The van der Waals surface area contributed by atoms with Gasteiger partial charge in [0, 0.05) is 34.9 Å². The van der Waals surface area contributed by atoms with E-state index in [2.05, 4.69) is 29.7 Å². The Morgan fingerprint density at radius 1 is 1.08 bits per heavy atom. The minimum Gasteiger partial charge on any atom is -0.388 e. The molecule has 0 aliphatic heterocycles. The molecule has 4 rings (SSSR count).